The third-order valence-electron chi connectivity index (χ3n) is 6.46. The van der Waals surface area contributed by atoms with Crippen molar-refractivity contribution in [3.63, 3.8) is 0 Å². The van der Waals surface area contributed by atoms with Gasteiger partial charge in [-0.25, -0.2) is 9.37 Å². The van der Waals surface area contributed by atoms with E-state index in [0.29, 0.717) is 42.2 Å². The van der Waals surface area contributed by atoms with Gasteiger partial charge >= 0.3 is 0 Å². The third kappa shape index (κ3) is 3.48. The minimum absolute atomic E-state index is 0.248. The van der Waals surface area contributed by atoms with E-state index in [-0.39, 0.29) is 5.82 Å². The number of halogens is 2. The maximum atomic E-state index is 14.6. The first-order chi connectivity index (χ1) is 14.0. The highest BCUT2D eigenvalue weighted by molar-refractivity contribution is 6.30. The van der Waals surface area contributed by atoms with Crippen LogP contribution in [0.25, 0.3) is 5.69 Å². The van der Waals surface area contributed by atoms with Gasteiger partial charge in [-0.3, -0.25) is 4.90 Å². The predicted octanol–water partition coefficient (Wildman–Crippen LogP) is 4.68. The zero-order valence-electron chi connectivity index (χ0n) is 16.0. The van der Waals surface area contributed by atoms with Crippen LogP contribution in [0.15, 0.2) is 61.2 Å². The van der Waals surface area contributed by atoms with Crippen LogP contribution in [-0.2, 0) is 12.1 Å². The normalized spacial score (nSPS) is 26.7. The van der Waals surface area contributed by atoms with Gasteiger partial charge in [0.15, 0.2) is 0 Å². The van der Waals surface area contributed by atoms with Crippen LogP contribution in [-0.4, -0.2) is 31.6 Å². The molecule has 2 aliphatic rings. The zero-order chi connectivity index (χ0) is 20.0. The Balaban J connectivity index is 1.34. The molecule has 0 amide bonds. The van der Waals surface area contributed by atoms with E-state index in [2.05, 4.69) is 9.88 Å². The Labute approximate surface area is 174 Å². The Morgan fingerprint density at radius 3 is 2.45 bits per heavy atom. The molecule has 2 atom stereocenters. The average Bonchev–Trinajstić information content (AvgIpc) is 3.30. The number of imidazole rings is 1. The highest BCUT2D eigenvalue weighted by atomic mass is 35.5. The molecule has 150 valence electrons. The largest absolute Gasteiger partial charge is 0.385 e. The molecule has 0 saturated carbocycles. The first-order valence-electron chi connectivity index (χ1n) is 10.0. The number of piperidine rings is 1. The van der Waals surface area contributed by atoms with E-state index in [1.165, 1.54) is 0 Å². The van der Waals surface area contributed by atoms with Crippen molar-refractivity contribution in [1.82, 2.24) is 14.5 Å². The second-order valence-corrected chi connectivity index (χ2v) is 8.70. The summed E-state index contributed by atoms with van der Waals surface area (Å²) in [6.45, 7) is 0.702. The lowest BCUT2D eigenvalue weighted by Gasteiger charge is -2.44. The van der Waals surface area contributed by atoms with Crippen molar-refractivity contribution in [1.29, 1.82) is 0 Å². The number of benzene rings is 2. The Hall–Kier alpha value is -2.21. The van der Waals surface area contributed by atoms with Gasteiger partial charge in [-0.1, -0.05) is 29.8 Å². The summed E-state index contributed by atoms with van der Waals surface area (Å²) in [7, 11) is 0. The van der Waals surface area contributed by atoms with Crippen LogP contribution in [0.1, 0.15) is 36.8 Å². The summed E-state index contributed by atoms with van der Waals surface area (Å²) in [5.41, 5.74) is 1.59. The lowest BCUT2D eigenvalue weighted by Crippen LogP contribution is -2.49. The monoisotopic (exact) mass is 411 g/mol. The summed E-state index contributed by atoms with van der Waals surface area (Å²) >= 11 is 6.01. The SMILES string of the molecule is OC1(c2ccc(Cl)cc2)CC2CCC(C1)N2Cc1ccc(-n2ccnc2)c(F)c1. The molecule has 0 spiro atoms. The molecular weight excluding hydrogens is 389 g/mol. The molecular formula is C23H23ClFN3O. The molecule has 1 aromatic heterocycles. The van der Waals surface area contributed by atoms with Crippen LogP contribution >= 0.6 is 11.6 Å². The van der Waals surface area contributed by atoms with Gasteiger partial charge in [0.25, 0.3) is 0 Å². The Kier molecular flexibility index (Phi) is 4.69. The molecule has 2 bridgehead atoms. The zero-order valence-corrected chi connectivity index (χ0v) is 16.8. The van der Waals surface area contributed by atoms with Crippen molar-refractivity contribution in [2.45, 2.75) is 49.9 Å². The molecule has 2 saturated heterocycles. The molecule has 0 radical (unpaired) electrons. The summed E-state index contributed by atoms with van der Waals surface area (Å²) in [6, 6.07) is 13.6. The van der Waals surface area contributed by atoms with E-state index in [1.54, 1.807) is 29.4 Å². The number of rotatable bonds is 4. The van der Waals surface area contributed by atoms with Crippen LogP contribution < -0.4 is 0 Å². The van der Waals surface area contributed by atoms with Crippen molar-refractivity contribution in [2.24, 2.45) is 0 Å². The maximum Gasteiger partial charge on any atom is 0.147 e. The fourth-order valence-electron chi connectivity index (χ4n) is 5.04. The van der Waals surface area contributed by atoms with Gasteiger partial charge in [-0.2, -0.15) is 0 Å². The fraction of sp³-hybridized carbons (Fsp3) is 0.348. The van der Waals surface area contributed by atoms with Crippen molar-refractivity contribution in [3.05, 3.63) is 83.2 Å². The highest BCUT2D eigenvalue weighted by Crippen LogP contribution is 2.46. The average molecular weight is 412 g/mol. The lowest BCUT2D eigenvalue weighted by molar-refractivity contribution is -0.0595. The van der Waals surface area contributed by atoms with E-state index >= 15 is 0 Å². The van der Waals surface area contributed by atoms with Gasteiger partial charge in [0, 0.05) is 36.0 Å². The van der Waals surface area contributed by atoms with E-state index in [0.717, 1.165) is 24.0 Å². The molecule has 2 unspecified atom stereocenters. The van der Waals surface area contributed by atoms with Crippen molar-refractivity contribution < 1.29 is 9.50 Å². The molecule has 6 heteroatoms. The van der Waals surface area contributed by atoms with Crippen LogP contribution in [0.5, 0.6) is 0 Å². The van der Waals surface area contributed by atoms with E-state index in [9.17, 15) is 9.50 Å². The molecule has 3 heterocycles. The molecule has 29 heavy (non-hydrogen) atoms. The summed E-state index contributed by atoms with van der Waals surface area (Å²) in [6.07, 6.45) is 8.50. The van der Waals surface area contributed by atoms with E-state index < -0.39 is 5.60 Å². The van der Waals surface area contributed by atoms with Crippen molar-refractivity contribution >= 4 is 11.6 Å². The Morgan fingerprint density at radius 1 is 1.10 bits per heavy atom. The molecule has 4 nitrogen and oxygen atoms in total. The number of fused-ring (bicyclic) bond motifs is 2. The van der Waals surface area contributed by atoms with Gasteiger partial charge in [0.1, 0.15) is 5.82 Å². The van der Waals surface area contributed by atoms with Gasteiger partial charge in [-0.15, -0.1) is 0 Å². The standard InChI is InChI=1S/C23H23ClFN3O/c24-18-4-2-17(3-5-18)23(29)12-19-6-7-20(13-23)28(19)14-16-1-8-22(21(25)11-16)27-10-9-26-15-27/h1-5,8-11,15,19-20,29H,6-7,12-14H2. The molecule has 2 fully saturated rings. The summed E-state index contributed by atoms with van der Waals surface area (Å²) in [5.74, 6) is -0.248. The maximum absolute atomic E-state index is 14.6. The fourth-order valence-corrected chi connectivity index (χ4v) is 5.17. The molecule has 1 N–H and O–H groups in total. The number of aliphatic hydroxyl groups is 1. The van der Waals surface area contributed by atoms with Crippen LogP contribution in [0.3, 0.4) is 0 Å². The molecule has 0 aliphatic carbocycles. The minimum Gasteiger partial charge on any atom is -0.385 e. The second kappa shape index (κ2) is 7.24. The molecule has 2 aromatic carbocycles. The second-order valence-electron chi connectivity index (χ2n) is 8.26. The number of nitrogens with zero attached hydrogens (tertiary/aromatic N) is 3. The van der Waals surface area contributed by atoms with Gasteiger partial charge in [-0.05, 0) is 61.1 Å². The Bertz CT molecular complexity index is 991. The van der Waals surface area contributed by atoms with Crippen molar-refractivity contribution in [3.8, 4) is 5.69 Å². The summed E-state index contributed by atoms with van der Waals surface area (Å²) in [4.78, 5) is 6.42. The molecule has 5 rings (SSSR count). The minimum atomic E-state index is -0.816. The lowest BCUT2D eigenvalue weighted by atomic mass is 9.80. The van der Waals surface area contributed by atoms with Gasteiger partial charge in [0.2, 0.25) is 0 Å². The highest BCUT2D eigenvalue weighted by Gasteiger charge is 2.48. The first kappa shape index (κ1) is 18.8. The van der Waals surface area contributed by atoms with Crippen LogP contribution in [0.2, 0.25) is 5.02 Å². The molecule has 2 aliphatic heterocycles. The van der Waals surface area contributed by atoms with Crippen LogP contribution in [0, 0.1) is 5.82 Å². The summed E-state index contributed by atoms with van der Waals surface area (Å²) in [5, 5.41) is 12.0. The quantitative estimate of drug-likeness (QED) is 0.677. The number of hydrogen-bond donors (Lipinski definition) is 1. The first-order valence-corrected chi connectivity index (χ1v) is 10.4. The van der Waals surface area contributed by atoms with Crippen molar-refractivity contribution in [2.75, 3.05) is 0 Å². The topological polar surface area (TPSA) is 41.3 Å². The summed E-state index contributed by atoms with van der Waals surface area (Å²) < 4.78 is 16.3. The Morgan fingerprint density at radius 2 is 1.83 bits per heavy atom. The van der Waals surface area contributed by atoms with E-state index in [4.69, 9.17) is 11.6 Å². The third-order valence-corrected chi connectivity index (χ3v) is 6.71. The molecule has 3 aromatic rings. The number of hydrogen-bond acceptors (Lipinski definition) is 3. The van der Waals surface area contributed by atoms with Gasteiger partial charge in [0.05, 0.1) is 17.6 Å². The van der Waals surface area contributed by atoms with Gasteiger partial charge < -0.3 is 9.67 Å². The smallest absolute Gasteiger partial charge is 0.147 e. The van der Waals surface area contributed by atoms with E-state index in [1.807, 2.05) is 36.4 Å². The number of aromatic nitrogens is 2. The predicted molar refractivity (Wildman–Crippen MR) is 110 cm³/mol. The van der Waals surface area contributed by atoms with Crippen LogP contribution in [0.4, 0.5) is 4.39 Å².